The van der Waals surface area contributed by atoms with E-state index in [0.717, 1.165) is 17.9 Å². The van der Waals surface area contributed by atoms with Crippen LogP contribution >= 0.6 is 24.0 Å². The largest absolute Gasteiger partial charge is 0.490 e. The average molecular weight is 533 g/mol. The molecule has 1 aliphatic rings. The number of rotatable bonds is 6. The Labute approximate surface area is 187 Å². The van der Waals surface area contributed by atoms with E-state index in [4.69, 9.17) is 9.47 Å². The van der Waals surface area contributed by atoms with Crippen LogP contribution in [0.1, 0.15) is 6.42 Å². The minimum absolute atomic E-state index is 0. The SMILES string of the molecule is CN=C(NCCNS(=O)(=O)c1cccnc1)Nc1ccc2c(c1)OCCCO2.I. The van der Waals surface area contributed by atoms with E-state index in [9.17, 15) is 8.42 Å². The first kappa shape index (κ1) is 23.2. The quantitative estimate of drug-likeness (QED) is 0.225. The third kappa shape index (κ3) is 6.72. The fourth-order valence-electron chi connectivity index (χ4n) is 2.51. The first-order valence-corrected chi connectivity index (χ1v) is 10.3. The summed E-state index contributed by atoms with van der Waals surface area (Å²) in [5.74, 6) is 1.91. The van der Waals surface area contributed by atoms with Gasteiger partial charge in [-0.15, -0.1) is 24.0 Å². The highest BCUT2D eigenvalue weighted by molar-refractivity contribution is 14.0. The fourth-order valence-corrected chi connectivity index (χ4v) is 3.51. The minimum atomic E-state index is -3.58. The second-order valence-electron chi connectivity index (χ2n) is 5.92. The third-order valence-electron chi connectivity index (χ3n) is 3.89. The van der Waals surface area contributed by atoms with Crippen LogP contribution in [0.4, 0.5) is 5.69 Å². The number of nitrogens with one attached hydrogen (secondary N) is 3. The summed E-state index contributed by atoms with van der Waals surface area (Å²) in [6.07, 6.45) is 3.67. The normalized spacial score (nSPS) is 13.8. The molecule has 0 saturated heterocycles. The maximum Gasteiger partial charge on any atom is 0.242 e. The van der Waals surface area contributed by atoms with Crippen molar-refractivity contribution in [2.75, 3.05) is 38.7 Å². The van der Waals surface area contributed by atoms with Crippen molar-refractivity contribution in [2.45, 2.75) is 11.3 Å². The number of hydrogen-bond donors (Lipinski definition) is 3. The molecule has 0 atom stereocenters. The Bertz CT molecular complexity index is 925. The average Bonchev–Trinajstić information content (AvgIpc) is 2.96. The van der Waals surface area contributed by atoms with Crippen molar-refractivity contribution >= 4 is 45.6 Å². The molecule has 0 unspecified atom stereocenters. The monoisotopic (exact) mass is 533 g/mol. The number of ether oxygens (including phenoxy) is 2. The summed E-state index contributed by atoms with van der Waals surface area (Å²) in [4.78, 5) is 8.09. The first-order valence-electron chi connectivity index (χ1n) is 8.85. The zero-order valence-corrected chi connectivity index (χ0v) is 19.1. The number of sulfonamides is 1. The van der Waals surface area contributed by atoms with E-state index >= 15 is 0 Å². The Balaban J connectivity index is 0.00000300. The number of nitrogens with zero attached hydrogens (tertiary/aromatic N) is 2. The Morgan fingerprint density at radius 1 is 1.17 bits per heavy atom. The fraction of sp³-hybridized carbons (Fsp3) is 0.333. The predicted octanol–water partition coefficient (Wildman–Crippen LogP) is 1.83. The van der Waals surface area contributed by atoms with Crippen LogP contribution in [0.3, 0.4) is 0 Å². The van der Waals surface area contributed by atoms with Gasteiger partial charge in [-0.2, -0.15) is 0 Å². The van der Waals surface area contributed by atoms with Crippen molar-refractivity contribution in [3.05, 3.63) is 42.7 Å². The first-order chi connectivity index (χ1) is 13.6. The summed E-state index contributed by atoms with van der Waals surface area (Å²) in [6.45, 7) is 1.79. The highest BCUT2D eigenvalue weighted by atomic mass is 127. The molecular formula is C18H24IN5O4S. The lowest BCUT2D eigenvalue weighted by Gasteiger charge is -2.14. The summed E-state index contributed by atoms with van der Waals surface area (Å²) >= 11 is 0. The number of fused-ring (bicyclic) bond motifs is 1. The van der Waals surface area contributed by atoms with Gasteiger partial charge in [0.1, 0.15) is 4.90 Å². The van der Waals surface area contributed by atoms with E-state index in [2.05, 4.69) is 25.3 Å². The minimum Gasteiger partial charge on any atom is -0.490 e. The highest BCUT2D eigenvalue weighted by Gasteiger charge is 2.13. The molecule has 2 heterocycles. The Kier molecular flexibility index (Phi) is 8.92. The Morgan fingerprint density at radius 2 is 1.97 bits per heavy atom. The molecule has 1 aromatic heterocycles. The van der Waals surface area contributed by atoms with E-state index in [1.165, 1.54) is 18.5 Å². The molecule has 3 rings (SSSR count). The molecule has 0 bridgehead atoms. The van der Waals surface area contributed by atoms with Crippen molar-refractivity contribution < 1.29 is 17.9 Å². The maximum absolute atomic E-state index is 12.2. The second kappa shape index (κ2) is 11.2. The van der Waals surface area contributed by atoms with Gasteiger partial charge in [0.2, 0.25) is 10.0 Å². The Hall–Kier alpha value is -2.12. The number of guanidine groups is 1. The van der Waals surface area contributed by atoms with Gasteiger partial charge in [0.15, 0.2) is 17.5 Å². The number of halogens is 1. The number of aromatic nitrogens is 1. The van der Waals surface area contributed by atoms with Gasteiger partial charge < -0.3 is 20.1 Å². The van der Waals surface area contributed by atoms with Gasteiger partial charge in [0, 0.05) is 50.7 Å². The lowest BCUT2D eigenvalue weighted by molar-refractivity contribution is 0.297. The van der Waals surface area contributed by atoms with Gasteiger partial charge in [-0.1, -0.05) is 0 Å². The van der Waals surface area contributed by atoms with Gasteiger partial charge in [0.05, 0.1) is 13.2 Å². The van der Waals surface area contributed by atoms with Gasteiger partial charge in [-0.05, 0) is 24.3 Å². The van der Waals surface area contributed by atoms with Crippen molar-refractivity contribution in [2.24, 2.45) is 4.99 Å². The van der Waals surface area contributed by atoms with Crippen molar-refractivity contribution in [3.8, 4) is 11.5 Å². The summed E-state index contributed by atoms with van der Waals surface area (Å²) < 4.78 is 38.1. The molecule has 0 spiro atoms. The number of aliphatic imine (C=N–C) groups is 1. The number of anilines is 1. The summed E-state index contributed by atoms with van der Waals surface area (Å²) in [6, 6.07) is 8.63. The van der Waals surface area contributed by atoms with Crippen LogP contribution in [0.25, 0.3) is 0 Å². The number of benzene rings is 1. The smallest absolute Gasteiger partial charge is 0.242 e. The highest BCUT2D eigenvalue weighted by Crippen LogP contribution is 2.32. The lowest BCUT2D eigenvalue weighted by atomic mass is 10.3. The van der Waals surface area contributed by atoms with E-state index in [1.807, 2.05) is 18.2 Å². The van der Waals surface area contributed by atoms with E-state index in [-0.39, 0.29) is 35.4 Å². The Morgan fingerprint density at radius 3 is 2.69 bits per heavy atom. The van der Waals surface area contributed by atoms with Crippen LogP contribution in [0.15, 0.2) is 52.6 Å². The van der Waals surface area contributed by atoms with E-state index in [1.54, 1.807) is 13.1 Å². The molecule has 0 fully saturated rings. The lowest BCUT2D eigenvalue weighted by Crippen LogP contribution is -2.37. The number of pyridine rings is 1. The molecule has 1 aliphatic heterocycles. The van der Waals surface area contributed by atoms with Crippen LogP contribution in [-0.4, -0.2) is 52.7 Å². The third-order valence-corrected chi connectivity index (χ3v) is 5.33. The van der Waals surface area contributed by atoms with Crippen molar-refractivity contribution in [1.82, 2.24) is 15.0 Å². The van der Waals surface area contributed by atoms with Crippen molar-refractivity contribution in [3.63, 3.8) is 0 Å². The topological polar surface area (TPSA) is 114 Å². The van der Waals surface area contributed by atoms with E-state index in [0.29, 0.717) is 31.5 Å². The molecular weight excluding hydrogens is 509 g/mol. The van der Waals surface area contributed by atoms with Crippen LogP contribution in [-0.2, 0) is 10.0 Å². The van der Waals surface area contributed by atoms with Crippen LogP contribution in [0, 0.1) is 0 Å². The molecule has 2 aromatic rings. The van der Waals surface area contributed by atoms with Gasteiger partial charge >= 0.3 is 0 Å². The molecule has 0 aliphatic carbocycles. The van der Waals surface area contributed by atoms with Crippen LogP contribution in [0.2, 0.25) is 0 Å². The predicted molar refractivity (Wildman–Crippen MR) is 122 cm³/mol. The summed E-state index contributed by atoms with van der Waals surface area (Å²) in [5.41, 5.74) is 0.785. The van der Waals surface area contributed by atoms with Gasteiger partial charge in [-0.3, -0.25) is 9.98 Å². The van der Waals surface area contributed by atoms with Crippen molar-refractivity contribution in [1.29, 1.82) is 0 Å². The van der Waals surface area contributed by atoms with Gasteiger partial charge in [0.25, 0.3) is 0 Å². The molecule has 9 nitrogen and oxygen atoms in total. The molecule has 158 valence electrons. The van der Waals surface area contributed by atoms with Crippen LogP contribution in [0.5, 0.6) is 11.5 Å². The standard InChI is InChI=1S/C18H23N5O4S.HI/c1-19-18(21-8-9-22-28(24,25)15-4-2-7-20-13-15)23-14-5-6-16-17(12-14)27-11-3-10-26-16;/h2,4-7,12-13,22H,3,8-11H2,1H3,(H2,19,21,23);1H. The summed E-state index contributed by atoms with van der Waals surface area (Å²) in [5, 5.41) is 6.20. The maximum atomic E-state index is 12.2. The van der Waals surface area contributed by atoms with Gasteiger partial charge in [-0.25, -0.2) is 13.1 Å². The van der Waals surface area contributed by atoms with E-state index < -0.39 is 10.0 Å². The second-order valence-corrected chi connectivity index (χ2v) is 7.69. The molecule has 1 aromatic carbocycles. The molecule has 0 amide bonds. The summed E-state index contributed by atoms with van der Waals surface area (Å²) in [7, 11) is -1.94. The van der Waals surface area contributed by atoms with Crippen LogP contribution < -0.4 is 24.8 Å². The zero-order chi connectivity index (χ0) is 19.8. The molecule has 11 heteroatoms. The molecule has 0 radical (unpaired) electrons. The number of hydrogen-bond acceptors (Lipinski definition) is 6. The molecule has 29 heavy (non-hydrogen) atoms. The zero-order valence-electron chi connectivity index (χ0n) is 15.9. The molecule has 0 saturated carbocycles. The molecule has 3 N–H and O–H groups in total.